The van der Waals surface area contributed by atoms with E-state index in [0.29, 0.717) is 13.1 Å². The van der Waals surface area contributed by atoms with E-state index in [1.807, 2.05) is 47.4 Å². The number of carbonyl (C=O) groups is 1. The molecular formula is C18H20BrN3O2. The average molecular weight is 390 g/mol. The van der Waals surface area contributed by atoms with Crippen molar-refractivity contribution in [2.24, 2.45) is 0 Å². The van der Waals surface area contributed by atoms with E-state index in [1.54, 1.807) is 7.11 Å². The maximum atomic E-state index is 12.4. The highest BCUT2D eigenvalue weighted by molar-refractivity contribution is 9.10. The van der Waals surface area contributed by atoms with Crippen molar-refractivity contribution in [2.75, 3.05) is 43.5 Å². The third-order valence-electron chi connectivity index (χ3n) is 4.10. The monoisotopic (exact) mass is 389 g/mol. The van der Waals surface area contributed by atoms with Crippen molar-refractivity contribution < 1.29 is 9.53 Å². The third-order valence-corrected chi connectivity index (χ3v) is 4.79. The van der Waals surface area contributed by atoms with E-state index in [1.165, 1.54) is 0 Å². The summed E-state index contributed by atoms with van der Waals surface area (Å²) in [6, 6.07) is 15.6. The van der Waals surface area contributed by atoms with Crippen LogP contribution < -0.4 is 15.0 Å². The molecule has 3 rings (SSSR count). The van der Waals surface area contributed by atoms with Crippen molar-refractivity contribution in [3.63, 3.8) is 0 Å². The second kappa shape index (κ2) is 7.57. The molecule has 0 atom stereocenters. The van der Waals surface area contributed by atoms with Crippen LogP contribution >= 0.6 is 15.9 Å². The summed E-state index contributed by atoms with van der Waals surface area (Å²) in [7, 11) is 1.67. The van der Waals surface area contributed by atoms with Gasteiger partial charge in [0.15, 0.2) is 0 Å². The number of halogens is 1. The van der Waals surface area contributed by atoms with Gasteiger partial charge in [-0.2, -0.15) is 0 Å². The molecule has 2 amide bonds. The molecule has 2 aromatic rings. The number of anilines is 2. The maximum Gasteiger partial charge on any atom is 0.321 e. The number of urea groups is 1. The van der Waals surface area contributed by atoms with E-state index < -0.39 is 0 Å². The molecule has 0 unspecified atom stereocenters. The highest BCUT2D eigenvalue weighted by Gasteiger charge is 2.21. The summed E-state index contributed by atoms with van der Waals surface area (Å²) in [6.45, 7) is 2.98. The van der Waals surface area contributed by atoms with Gasteiger partial charge in [-0.05, 0) is 40.2 Å². The molecule has 2 aromatic carbocycles. The smallest absolute Gasteiger partial charge is 0.321 e. The summed E-state index contributed by atoms with van der Waals surface area (Å²) >= 11 is 3.45. The molecule has 0 saturated carbocycles. The van der Waals surface area contributed by atoms with Crippen LogP contribution in [0.2, 0.25) is 0 Å². The zero-order valence-electron chi connectivity index (χ0n) is 13.5. The van der Waals surface area contributed by atoms with Crippen LogP contribution in [0.3, 0.4) is 0 Å². The molecular weight excluding hydrogens is 370 g/mol. The summed E-state index contributed by atoms with van der Waals surface area (Å²) in [5, 5.41) is 2.95. The van der Waals surface area contributed by atoms with Gasteiger partial charge in [0.05, 0.1) is 12.8 Å². The van der Waals surface area contributed by atoms with Gasteiger partial charge in [-0.1, -0.05) is 18.2 Å². The Balaban J connectivity index is 1.58. The summed E-state index contributed by atoms with van der Waals surface area (Å²) in [5.74, 6) is 0.849. The second-order valence-electron chi connectivity index (χ2n) is 5.59. The van der Waals surface area contributed by atoms with Gasteiger partial charge in [0, 0.05) is 42.4 Å². The quantitative estimate of drug-likeness (QED) is 0.867. The molecule has 1 fully saturated rings. The molecule has 0 aromatic heterocycles. The molecule has 0 spiro atoms. The first-order valence-electron chi connectivity index (χ1n) is 7.87. The second-order valence-corrected chi connectivity index (χ2v) is 6.44. The Morgan fingerprint density at radius 2 is 1.83 bits per heavy atom. The molecule has 5 nitrogen and oxygen atoms in total. The first-order valence-corrected chi connectivity index (χ1v) is 8.66. The molecule has 1 saturated heterocycles. The van der Waals surface area contributed by atoms with Gasteiger partial charge in [-0.3, -0.25) is 0 Å². The van der Waals surface area contributed by atoms with Crippen LogP contribution in [0.1, 0.15) is 0 Å². The number of hydrogen-bond acceptors (Lipinski definition) is 3. The lowest BCUT2D eigenvalue weighted by Gasteiger charge is -2.36. The molecule has 1 aliphatic rings. The number of benzene rings is 2. The highest BCUT2D eigenvalue weighted by Crippen LogP contribution is 2.24. The molecule has 126 valence electrons. The number of ether oxygens (including phenoxy) is 1. The third kappa shape index (κ3) is 3.82. The van der Waals surface area contributed by atoms with Gasteiger partial charge in [0.1, 0.15) is 5.75 Å². The molecule has 0 bridgehead atoms. The zero-order valence-corrected chi connectivity index (χ0v) is 15.1. The van der Waals surface area contributed by atoms with Crippen LogP contribution in [-0.2, 0) is 0 Å². The van der Waals surface area contributed by atoms with E-state index in [2.05, 4.69) is 32.2 Å². The Morgan fingerprint density at radius 3 is 2.54 bits per heavy atom. The van der Waals surface area contributed by atoms with E-state index >= 15 is 0 Å². The lowest BCUT2D eigenvalue weighted by Crippen LogP contribution is -2.50. The van der Waals surface area contributed by atoms with Crippen molar-refractivity contribution in [1.29, 1.82) is 0 Å². The number of piperazine rings is 1. The van der Waals surface area contributed by atoms with Crippen molar-refractivity contribution in [2.45, 2.75) is 0 Å². The predicted octanol–water partition coefficient (Wildman–Crippen LogP) is 3.81. The van der Waals surface area contributed by atoms with Crippen LogP contribution in [-0.4, -0.2) is 44.2 Å². The molecule has 24 heavy (non-hydrogen) atoms. The van der Waals surface area contributed by atoms with Gasteiger partial charge in [0.2, 0.25) is 0 Å². The van der Waals surface area contributed by atoms with E-state index in [4.69, 9.17) is 4.74 Å². The minimum atomic E-state index is -0.0628. The normalized spacial score (nSPS) is 14.4. The minimum Gasteiger partial charge on any atom is -0.497 e. The number of nitrogens with one attached hydrogen (secondary N) is 1. The fraction of sp³-hybridized carbons (Fsp3) is 0.278. The van der Waals surface area contributed by atoms with Gasteiger partial charge < -0.3 is 19.9 Å². The predicted molar refractivity (Wildman–Crippen MR) is 99.9 cm³/mol. The van der Waals surface area contributed by atoms with Crippen LogP contribution in [0.5, 0.6) is 5.75 Å². The number of methoxy groups -OCH3 is 1. The summed E-state index contributed by atoms with van der Waals surface area (Å²) in [4.78, 5) is 16.5. The van der Waals surface area contributed by atoms with Gasteiger partial charge in [0.25, 0.3) is 0 Å². The lowest BCUT2D eigenvalue weighted by atomic mass is 10.2. The molecule has 1 aliphatic heterocycles. The van der Waals surface area contributed by atoms with Crippen LogP contribution in [0.25, 0.3) is 0 Å². The van der Waals surface area contributed by atoms with Gasteiger partial charge >= 0.3 is 6.03 Å². The van der Waals surface area contributed by atoms with Crippen molar-refractivity contribution >= 4 is 33.3 Å². The molecule has 1 N–H and O–H groups in total. The van der Waals surface area contributed by atoms with Gasteiger partial charge in [-0.25, -0.2) is 4.79 Å². The van der Waals surface area contributed by atoms with Gasteiger partial charge in [-0.15, -0.1) is 0 Å². The number of para-hydroxylation sites is 1. The highest BCUT2D eigenvalue weighted by atomic mass is 79.9. The van der Waals surface area contributed by atoms with E-state index in [0.717, 1.165) is 34.7 Å². The van der Waals surface area contributed by atoms with Crippen LogP contribution in [0.15, 0.2) is 53.0 Å². The van der Waals surface area contributed by atoms with E-state index in [-0.39, 0.29) is 6.03 Å². The number of rotatable bonds is 3. The van der Waals surface area contributed by atoms with Crippen molar-refractivity contribution in [3.8, 4) is 5.75 Å². The molecule has 0 radical (unpaired) electrons. The molecule has 6 heteroatoms. The first-order chi connectivity index (χ1) is 11.7. The van der Waals surface area contributed by atoms with Crippen molar-refractivity contribution in [3.05, 3.63) is 53.0 Å². The summed E-state index contributed by atoms with van der Waals surface area (Å²) in [6.07, 6.45) is 0. The number of carbonyl (C=O) groups excluding carboxylic acids is 1. The SMILES string of the molecule is COc1cccc(N2CCN(C(=O)Nc3ccccc3Br)CC2)c1. The van der Waals surface area contributed by atoms with Crippen LogP contribution in [0.4, 0.5) is 16.2 Å². The zero-order chi connectivity index (χ0) is 16.9. The first kappa shape index (κ1) is 16.6. The standard InChI is InChI=1S/C18H20BrN3O2/c1-24-15-6-4-5-14(13-15)21-9-11-22(12-10-21)18(23)20-17-8-3-2-7-16(17)19/h2-8,13H,9-12H2,1H3,(H,20,23). The fourth-order valence-corrected chi connectivity index (χ4v) is 3.12. The Morgan fingerprint density at radius 1 is 1.08 bits per heavy atom. The van der Waals surface area contributed by atoms with Crippen LogP contribution in [0, 0.1) is 0 Å². The average Bonchev–Trinajstić information content (AvgIpc) is 2.64. The van der Waals surface area contributed by atoms with E-state index in [9.17, 15) is 4.79 Å². The molecule has 1 heterocycles. The Hall–Kier alpha value is -2.21. The summed E-state index contributed by atoms with van der Waals surface area (Å²) < 4.78 is 6.16. The fourth-order valence-electron chi connectivity index (χ4n) is 2.73. The Bertz CT molecular complexity index is 715. The maximum absolute atomic E-state index is 12.4. The topological polar surface area (TPSA) is 44.8 Å². The summed E-state index contributed by atoms with van der Waals surface area (Å²) in [5.41, 5.74) is 1.91. The number of nitrogens with zero attached hydrogens (tertiary/aromatic N) is 2. The number of hydrogen-bond donors (Lipinski definition) is 1. The Labute approximate surface area is 150 Å². The largest absolute Gasteiger partial charge is 0.497 e. The van der Waals surface area contributed by atoms with Crippen molar-refractivity contribution in [1.82, 2.24) is 4.90 Å². The lowest BCUT2D eigenvalue weighted by molar-refractivity contribution is 0.208. The Kier molecular flexibility index (Phi) is 5.25. The number of amides is 2. The minimum absolute atomic E-state index is 0.0628. The molecule has 0 aliphatic carbocycles.